The Hall–Kier alpha value is -1.99. The first-order valence-electron chi connectivity index (χ1n) is 8.98. The number of carbonyl (C=O) groups excluding carboxylic acids is 1. The maximum Gasteiger partial charge on any atom is 0.251 e. The van der Waals surface area contributed by atoms with E-state index in [-0.39, 0.29) is 11.7 Å². The van der Waals surface area contributed by atoms with Gasteiger partial charge < -0.3 is 5.32 Å². The second-order valence-electron chi connectivity index (χ2n) is 5.91. The third kappa shape index (κ3) is 6.29. The van der Waals surface area contributed by atoms with Gasteiger partial charge in [-0.2, -0.15) is 11.8 Å². The SMILES string of the molecule is CCN(c1ccc(C(=O)NCCSCc2ccccc2)cc1)S(=O)(=O)CC. The van der Waals surface area contributed by atoms with Crippen LogP contribution in [-0.4, -0.2) is 38.9 Å². The number of hydrogen-bond donors (Lipinski definition) is 1. The molecule has 2 rings (SSSR count). The van der Waals surface area contributed by atoms with Gasteiger partial charge in [0.15, 0.2) is 0 Å². The smallest absolute Gasteiger partial charge is 0.251 e. The second kappa shape index (κ2) is 10.4. The Bertz CT molecular complexity index is 822. The van der Waals surface area contributed by atoms with Crippen molar-refractivity contribution in [2.24, 2.45) is 0 Å². The molecular formula is C20H26N2O3S2. The minimum absolute atomic E-state index is 0.0454. The van der Waals surface area contributed by atoms with Gasteiger partial charge in [0.05, 0.1) is 11.4 Å². The third-order valence-electron chi connectivity index (χ3n) is 4.05. The normalized spacial score (nSPS) is 11.2. The van der Waals surface area contributed by atoms with E-state index in [0.717, 1.165) is 11.5 Å². The predicted octanol–water partition coefficient (Wildman–Crippen LogP) is 3.53. The molecule has 2 aromatic rings. The molecule has 0 fully saturated rings. The summed E-state index contributed by atoms with van der Waals surface area (Å²) in [5.41, 5.74) is 2.37. The first kappa shape index (κ1) is 21.3. The Morgan fingerprint density at radius 2 is 1.70 bits per heavy atom. The fourth-order valence-corrected chi connectivity index (χ4v) is 4.54. The van der Waals surface area contributed by atoms with E-state index in [1.807, 2.05) is 18.2 Å². The zero-order chi connectivity index (χ0) is 19.7. The van der Waals surface area contributed by atoms with Crippen LogP contribution in [0.1, 0.15) is 29.8 Å². The van der Waals surface area contributed by atoms with Crippen LogP contribution < -0.4 is 9.62 Å². The molecule has 7 heteroatoms. The number of benzene rings is 2. The van der Waals surface area contributed by atoms with Gasteiger partial charge in [-0.3, -0.25) is 9.10 Å². The van der Waals surface area contributed by atoms with E-state index in [0.29, 0.717) is 24.3 Å². The predicted molar refractivity (Wildman–Crippen MR) is 114 cm³/mol. The summed E-state index contributed by atoms with van der Waals surface area (Å²) in [6, 6.07) is 16.9. The molecule has 0 unspecified atom stereocenters. The van der Waals surface area contributed by atoms with Crippen LogP contribution in [0.15, 0.2) is 54.6 Å². The van der Waals surface area contributed by atoms with Crippen molar-refractivity contribution in [1.29, 1.82) is 0 Å². The van der Waals surface area contributed by atoms with Gasteiger partial charge in [-0.05, 0) is 43.7 Å². The summed E-state index contributed by atoms with van der Waals surface area (Å²) in [4.78, 5) is 12.2. The van der Waals surface area contributed by atoms with E-state index in [4.69, 9.17) is 0 Å². The molecule has 1 amide bonds. The van der Waals surface area contributed by atoms with Crippen LogP contribution in [0.2, 0.25) is 0 Å². The van der Waals surface area contributed by atoms with Crippen molar-refractivity contribution in [3.8, 4) is 0 Å². The van der Waals surface area contributed by atoms with E-state index >= 15 is 0 Å². The van der Waals surface area contributed by atoms with Crippen molar-refractivity contribution in [3.05, 3.63) is 65.7 Å². The Kier molecular flexibility index (Phi) is 8.19. The van der Waals surface area contributed by atoms with Crippen LogP contribution in [0.25, 0.3) is 0 Å². The van der Waals surface area contributed by atoms with Crippen molar-refractivity contribution in [1.82, 2.24) is 5.32 Å². The Balaban J connectivity index is 1.83. The molecule has 0 bridgehead atoms. The molecule has 0 aliphatic heterocycles. The molecule has 0 saturated heterocycles. The lowest BCUT2D eigenvalue weighted by molar-refractivity contribution is 0.0956. The number of carbonyl (C=O) groups is 1. The minimum Gasteiger partial charge on any atom is -0.351 e. The fraction of sp³-hybridized carbons (Fsp3) is 0.350. The van der Waals surface area contributed by atoms with Crippen molar-refractivity contribution in [2.45, 2.75) is 19.6 Å². The van der Waals surface area contributed by atoms with Crippen LogP contribution in [0.5, 0.6) is 0 Å². The van der Waals surface area contributed by atoms with Gasteiger partial charge in [0, 0.05) is 30.2 Å². The molecule has 0 aromatic heterocycles. The van der Waals surface area contributed by atoms with Gasteiger partial charge in [0.25, 0.3) is 5.91 Å². The largest absolute Gasteiger partial charge is 0.351 e. The lowest BCUT2D eigenvalue weighted by Gasteiger charge is -2.22. The van der Waals surface area contributed by atoms with Gasteiger partial charge in [-0.15, -0.1) is 0 Å². The number of nitrogens with zero attached hydrogens (tertiary/aromatic N) is 1. The summed E-state index contributed by atoms with van der Waals surface area (Å²) >= 11 is 1.77. The zero-order valence-electron chi connectivity index (χ0n) is 15.7. The van der Waals surface area contributed by atoms with Crippen molar-refractivity contribution in [3.63, 3.8) is 0 Å². The molecule has 0 radical (unpaired) electrons. The highest BCUT2D eigenvalue weighted by molar-refractivity contribution is 7.98. The fourth-order valence-electron chi connectivity index (χ4n) is 2.58. The van der Waals surface area contributed by atoms with E-state index < -0.39 is 10.0 Å². The maximum atomic E-state index is 12.2. The number of nitrogens with one attached hydrogen (secondary N) is 1. The first-order valence-corrected chi connectivity index (χ1v) is 11.7. The minimum atomic E-state index is -3.31. The highest BCUT2D eigenvalue weighted by atomic mass is 32.2. The number of hydrogen-bond acceptors (Lipinski definition) is 4. The molecule has 146 valence electrons. The molecule has 0 spiro atoms. The average Bonchev–Trinajstić information content (AvgIpc) is 2.69. The molecule has 0 heterocycles. The zero-order valence-corrected chi connectivity index (χ0v) is 17.4. The molecule has 0 saturated carbocycles. The van der Waals surface area contributed by atoms with Gasteiger partial charge in [-0.1, -0.05) is 30.3 Å². The van der Waals surface area contributed by atoms with Gasteiger partial charge in [0.2, 0.25) is 10.0 Å². The number of amides is 1. The maximum absolute atomic E-state index is 12.2. The van der Waals surface area contributed by atoms with E-state index in [1.54, 1.807) is 49.9 Å². The van der Waals surface area contributed by atoms with Crippen LogP contribution in [-0.2, 0) is 15.8 Å². The number of sulfonamides is 1. The summed E-state index contributed by atoms with van der Waals surface area (Å²) < 4.78 is 25.6. The monoisotopic (exact) mass is 406 g/mol. The number of anilines is 1. The molecule has 2 aromatic carbocycles. The molecular weight excluding hydrogens is 380 g/mol. The van der Waals surface area contributed by atoms with Gasteiger partial charge >= 0.3 is 0 Å². The lowest BCUT2D eigenvalue weighted by Crippen LogP contribution is -2.32. The standard InChI is InChI=1S/C20H26N2O3S2/c1-3-22(27(24,25)4-2)19-12-10-18(11-13-19)20(23)21-14-15-26-16-17-8-6-5-7-9-17/h5-13H,3-4,14-16H2,1-2H3,(H,21,23). The molecule has 0 aliphatic rings. The van der Waals surface area contributed by atoms with Crippen LogP contribution in [0, 0.1) is 0 Å². The highest BCUT2D eigenvalue weighted by Gasteiger charge is 2.18. The van der Waals surface area contributed by atoms with Crippen molar-refractivity contribution in [2.75, 3.05) is 28.9 Å². The van der Waals surface area contributed by atoms with Crippen molar-refractivity contribution >= 4 is 33.4 Å². The van der Waals surface area contributed by atoms with Crippen LogP contribution in [0.3, 0.4) is 0 Å². The Morgan fingerprint density at radius 1 is 1.04 bits per heavy atom. The van der Waals surface area contributed by atoms with Gasteiger partial charge in [0.1, 0.15) is 0 Å². The van der Waals surface area contributed by atoms with E-state index in [9.17, 15) is 13.2 Å². The highest BCUT2D eigenvalue weighted by Crippen LogP contribution is 2.19. The Morgan fingerprint density at radius 3 is 2.30 bits per heavy atom. The molecule has 1 N–H and O–H groups in total. The summed E-state index contributed by atoms with van der Waals surface area (Å²) in [5.74, 6) is 1.65. The first-order chi connectivity index (χ1) is 13.0. The summed E-state index contributed by atoms with van der Waals surface area (Å²) in [7, 11) is -3.31. The molecule has 0 atom stereocenters. The number of thioether (sulfide) groups is 1. The molecule has 0 aliphatic carbocycles. The Labute approximate surface area is 166 Å². The third-order valence-corrected chi connectivity index (χ3v) is 6.95. The topological polar surface area (TPSA) is 66.5 Å². The summed E-state index contributed by atoms with van der Waals surface area (Å²) in [6.45, 7) is 4.36. The van der Waals surface area contributed by atoms with Crippen LogP contribution in [0.4, 0.5) is 5.69 Å². The molecule has 5 nitrogen and oxygen atoms in total. The quantitative estimate of drug-likeness (QED) is 0.613. The van der Waals surface area contributed by atoms with Crippen LogP contribution >= 0.6 is 11.8 Å². The summed E-state index contributed by atoms with van der Waals surface area (Å²) in [5, 5.41) is 2.90. The lowest BCUT2D eigenvalue weighted by atomic mass is 10.2. The van der Waals surface area contributed by atoms with Gasteiger partial charge in [-0.25, -0.2) is 8.42 Å². The van der Waals surface area contributed by atoms with Crippen molar-refractivity contribution < 1.29 is 13.2 Å². The molecule has 27 heavy (non-hydrogen) atoms. The second-order valence-corrected chi connectivity index (χ2v) is 9.19. The average molecular weight is 407 g/mol. The number of rotatable bonds is 10. The summed E-state index contributed by atoms with van der Waals surface area (Å²) in [6.07, 6.45) is 0. The van der Waals surface area contributed by atoms with E-state index in [2.05, 4.69) is 17.4 Å². The van der Waals surface area contributed by atoms with E-state index in [1.165, 1.54) is 9.87 Å².